The van der Waals surface area contributed by atoms with Crippen molar-refractivity contribution in [3.63, 3.8) is 0 Å². The summed E-state index contributed by atoms with van der Waals surface area (Å²) in [5, 5.41) is 2.69. The van der Waals surface area contributed by atoms with Crippen molar-refractivity contribution >= 4 is 11.9 Å². The molecule has 2 saturated heterocycles. The number of nitrogens with zero attached hydrogens (tertiary/aromatic N) is 2. The molecule has 0 aromatic heterocycles. The summed E-state index contributed by atoms with van der Waals surface area (Å²) in [4.78, 5) is 27.6. The summed E-state index contributed by atoms with van der Waals surface area (Å²) < 4.78 is 0. The summed E-state index contributed by atoms with van der Waals surface area (Å²) in [5.74, 6) is 0.0363. The first-order valence-electron chi connectivity index (χ1n) is 6.33. The van der Waals surface area contributed by atoms with Crippen LogP contribution in [0.15, 0.2) is 0 Å². The molecular formula is C12H21N3O2. The number of carbonyl (C=O) groups is 2. The minimum atomic E-state index is -0.413. The van der Waals surface area contributed by atoms with Gasteiger partial charge in [0.2, 0.25) is 5.91 Å². The topological polar surface area (TPSA) is 52.7 Å². The van der Waals surface area contributed by atoms with Crippen molar-refractivity contribution in [2.45, 2.75) is 26.2 Å². The van der Waals surface area contributed by atoms with E-state index in [4.69, 9.17) is 0 Å². The van der Waals surface area contributed by atoms with E-state index in [1.165, 1.54) is 0 Å². The molecule has 1 N–H and O–H groups in total. The zero-order valence-electron chi connectivity index (χ0n) is 10.7. The molecule has 0 radical (unpaired) electrons. The smallest absolute Gasteiger partial charge is 0.320 e. The molecule has 2 aliphatic heterocycles. The lowest BCUT2D eigenvalue weighted by Crippen LogP contribution is -2.44. The van der Waals surface area contributed by atoms with Crippen LogP contribution in [0.2, 0.25) is 0 Å². The van der Waals surface area contributed by atoms with Gasteiger partial charge in [-0.05, 0) is 26.2 Å². The molecule has 17 heavy (non-hydrogen) atoms. The van der Waals surface area contributed by atoms with E-state index in [2.05, 4.69) is 5.32 Å². The van der Waals surface area contributed by atoms with Gasteiger partial charge in [-0.2, -0.15) is 0 Å². The van der Waals surface area contributed by atoms with E-state index in [1.807, 2.05) is 16.7 Å². The Kier molecular flexibility index (Phi) is 3.26. The second kappa shape index (κ2) is 4.55. The van der Waals surface area contributed by atoms with Gasteiger partial charge in [0.1, 0.15) is 0 Å². The number of rotatable bonds is 1. The first kappa shape index (κ1) is 12.2. The quantitative estimate of drug-likeness (QED) is 0.731. The van der Waals surface area contributed by atoms with Gasteiger partial charge in [0.05, 0.1) is 5.41 Å². The van der Waals surface area contributed by atoms with E-state index in [-0.39, 0.29) is 11.9 Å². The fourth-order valence-corrected chi connectivity index (χ4v) is 2.72. The Hall–Kier alpha value is -1.26. The second-order valence-electron chi connectivity index (χ2n) is 5.29. The van der Waals surface area contributed by atoms with Gasteiger partial charge < -0.3 is 15.1 Å². The van der Waals surface area contributed by atoms with Crippen LogP contribution in [-0.2, 0) is 4.79 Å². The minimum absolute atomic E-state index is 0.0363. The van der Waals surface area contributed by atoms with Crippen molar-refractivity contribution in [2.24, 2.45) is 5.41 Å². The second-order valence-corrected chi connectivity index (χ2v) is 5.29. The molecule has 0 bridgehead atoms. The van der Waals surface area contributed by atoms with E-state index < -0.39 is 5.41 Å². The molecule has 2 rings (SSSR count). The number of nitrogens with one attached hydrogen (secondary N) is 1. The van der Waals surface area contributed by atoms with Crippen LogP contribution in [0, 0.1) is 5.41 Å². The standard InChI is InChI=1S/C12H21N3O2/c1-12(10(16)13-2)5-8-15(9-12)11(17)14-6-3-4-7-14/h3-9H2,1-2H3,(H,13,16). The fourth-order valence-electron chi connectivity index (χ4n) is 2.72. The Morgan fingerprint density at radius 1 is 1.12 bits per heavy atom. The number of carbonyl (C=O) groups excluding carboxylic acids is 2. The molecule has 96 valence electrons. The third-order valence-corrected chi connectivity index (χ3v) is 3.90. The van der Waals surface area contributed by atoms with E-state index in [1.54, 1.807) is 7.05 Å². The summed E-state index contributed by atoms with van der Waals surface area (Å²) in [7, 11) is 1.65. The Bertz CT molecular complexity index is 326. The Morgan fingerprint density at radius 3 is 2.35 bits per heavy atom. The summed E-state index contributed by atoms with van der Waals surface area (Å²) in [5.41, 5.74) is -0.413. The number of likely N-dealkylation sites (tertiary alicyclic amines) is 2. The van der Waals surface area contributed by atoms with Gasteiger partial charge in [-0.25, -0.2) is 4.79 Å². The largest absolute Gasteiger partial charge is 0.359 e. The predicted molar refractivity (Wildman–Crippen MR) is 64.6 cm³/mol. The molecule has 0 aromatic rings. The van der Waals surface area contributed by atoms with Crippen molar-refractivity contribution in [2.75, 3.05) is 33.2 Å². The lowest BCUT2D eigenvalue weighted by Gasteiger charge is -2.26. The molecular weight excluding hydrogens is 218 g/mol. The number of urea groups is 1. The fraction of sp³-hybridized carbons (Fsp3) is 0.833. The third-order valence-electron chi connectivity index (χ3n) is 3.90. The van der Waals surface area contributed by atoms with Gasteiger partial charge in [0.25, 0.3) is 0 Å². The summed E-state index contributed by atoms with van der Waals surface area (Å²) in [6.45, 7) is 4.91. The highest BCUT2D eigenvalue weighted by Gasteiger charge is 2.42. The SMILES string of the molecule is CNC(=O)C1(C)CCN(C(=O)N2CCCC2)C1. The molecule has 0 saturated carbocycles. The van der Waals surface area contributed by atoms with Crippen molar-refractivity contribution < 1.29 is 9.59 Å². The average Bonchev–Trinajstić information content (AvgIpc) is 2.96. The maximum absolute atomic E-state index is 12.2. The van der Waals surface area contributed by atoms with Crippen molar-refractivity contribution in [3.05, 3.63) is 0 Å². The van der Waals surface area contributed by atoms with Gasteiger partial charge in [-0.15, -0.1) is 0 Å². The van der Waals surface area contributed by atoms with Gasteiger partial charge in [-0.1, -0.05) is 0 Å². The van der Waals surface area contributed by atoms with Crippen LogP contribution in [0.1, 0.15) is 26.2 Å². The van der Waals surface area contributed by atoms with Crippen molar-refractivity contribution in [3.8, 4) is 0 Å². The average molecular weight is 239 g/mol. The summed E-state index contributed by atoms with van der Waals surface area (Å²) in [6.07, 6.45) is 2.96. The molecule has 0 aliphatic carbocycles. The highest BCUT2D eigenvalue weighted by atomic mass is 16.2. The highest BCUT2D eigenvalue weighted by Crippen LogP contribution is 2.31. The van der Waals surface area contributed by atoms with Crippen LogP contribution in [0.25, 0.3) is 0 Å². The minimum Gasteiger partial charge on any atom is -0.359 e. The lowest BCUT2D eigenvalue weighted by molar-refractivity contribution is -0.128. The van der Waals surface area contributed by atoms with Crippen LogP contribution >= 0.6 is 0 Å². The molecule has 2 aliphatic rings. The Balaban J connectivity index is 1.97. The predicted octanol–water partition coefficient (Wildman–Crippen LogP) is 0.660. The van der Waals surface area contributed by atoms with E-state index in [0.29, 0.717) is 13.1 Å². The van der Waals surface area contributed by atoms with Crippen LogP contribution in [0.3, 0.4) is 0 Å². The van der Waals surface area contributed by atoms with Gasteiger partial charge >= 0.3 is 6.03 Å². The number of amides is 3. The molecule has 1 unspecified atom stereocenters. The first-order chi connectivity index (χ1) is 8.07. The van der Waals surface area contributed by atoms with Crippen LogP contribution in [-0.4, -0.2) is 55.0 Å². The maximum atomic E-state index is 12.2. The molecule has 0 aromatic carbocycles. The number of hydrogen-bond acceptors (Lipinski definition) is 2. The summed E-state index contributed by atoms with van der Waals surface area (Å²) >= 11 is 0. The third kappa shape index (κ3) is 2.23. The van der Waals surface area contributed by atoms with Crippen molar-refractivity contribution in [1.29, 1.82) is 0 Å². The van der Waals surface area contributed by atoms with Crippen LogP contribution in [0.4, 0.5) is 4.79 Å². The molecule has 5 nitrogen and oxygen atoms in total. The normalized spacial score (nSPS) is 28.6. The van der Waals surface area contributed by atoms with E-state index >= 15 is 0 Å². The van der Waals surface area contributed by atoms with E-state index in [0.717, 1.165) is 32.4 Å². The van der Waals surface area contributed by atoms with Gasteiger partial charge in [0, 0.05) is 33.2 Å². The molecule has 1 atom stereocenters. The molecule has 2 fully saturated rings. The molecule has 2 heterocycles. The molecule has 3 amide bonds. The summed E-state index contributed by atoms with van der Waals surface area (Å²) in [6, 6.07) is 0.107. The Morgan fingerprint density at radius 2 is 1.76 bits per heavy atom. The zero-order chi connectivity index (χ0) is 12.5. The molecule has 5 heteroatoms. The van der Waals surface area contributed by atoms with Gasteiger partial charge in [0.15, 0.2) is 0 Å². The number of hydrogen-bond donors (Lipinski definition) is 1. The van der Waals surface area contributed by atoms with Crippen LogP contribution < -0.4 is 5.32 Å². The first-order valence-corrected chi connectivity index (χ1v) is 6.33. The van der Waals surface area contributed by atoms with E-state index in [9.17, 15) is 9.59 Å². The molecule has 0 spiro atoms. The lowest BCUT2D eigenvalue weighted by atomic mass is 9.89. The monoisotopic (exact) mass is 239 g/mol. The van der Waals surface area contributed by atoms with Crippen molar-refractivity contribution in [1.82, 2.24) is 15.1 Å². The highest BCUT2D eigenvalue weighted by molar-refractivity contribution is 5.84. The van der Waals surface area contributed by atoms with Gasteiger partial charge in [-0.3, -0.25) is 4.79 Å². The maximum Gasteiger partial charge on any atom is 0.320 e. The van der Waals surface area contributed by atoms with Crippen LogP contribution in [0.5, 0.6) is 0 Å². The zero-order valence-corrected chi connectivity index (χ0v) is 10.7. The Labute approximate surface area is 102 Å².